The van der Waals surface area contributed by atoms with Gasteiger partial charge in [0.1, 0.15) is 0 Å². The second-order valence-corrected chi connectivity index (χ2v) is 4.69. The van der Waals surface area contributed by atoms with Crippen LogP contribution < -0.4 is 5.73 Å². The SMILES string of the molecule is Cc1ccc(C(C)N2CC(N)C2)cc1[N+](=O)[O-]. The Morgan fingerprint density at radius 3 is 2.71 bits per heavy atom. The zero-order valence-corrected chi connectivity index (χ0v) is 10.1. The number of rotatable bonds is 3. The van der Waals surface area contributed by atoms with Crippen molar-refractivity contribution in [2.24, 2.45) is 5.73 Å². The van der Waals surface area contributed by atoms with Gasteiger partial charge in [0.05, 0.1) is 4.92 Å². The molecule has 1 aromatic carbocycles. The van der Waals surface area contributed by atoms with Gasteiger partial charge in [-0.1, -0.05) is 12.1 Å². The van der Waals surface area contributed by atoms with Crippen molar-refractivity contribution in [3.63, 3.8) is 0 Å². The Hall–Kier alpha value is -1.46. The lowest BCUT2D eigenvalue weighted by Gasteiger charge is -2.41. The van der Waals surface area contributed by atoms with Crippen molar-refractivity contribution >= 4 is 5.69 Å². The lowest BCUT2D eigenvalue weighted by molar-refractivity contribution is -0.385. The molecule has 5 heteroatoms. The molecule has 0 radical (unpaired) electrons. The van der Waals surface area contributed by atoms with Gasteiger partial charge in [0.2, 0.25) is 0 Å². The second kappa shape index (κ2) is 4.43. The van der Waals surface area contributed by atoms with Gasteiger partial charge in [0.15, 0.2) is 0 Å². The van der Waals surface area contributed by atoms with Gasteiger partial charge in [-0.15, -0.1) is 0 Å². The average molecular weight is 235 g/mol. The molecule has 0 aromatic heterocycles. The smallest absolute Gasteiger partial charge is 0.272 e. The standard InChI is InChI=1S/C12H17N3O2/c1-8-3-4-10(5-12(8)15(16)17)9(2)14-6-11(13)7-14/h3-5,9,11H,6-7,13H2,1-2H3. The molecule has 1 fully saturated rings. The molecule has 1 heterocycles. The third-order valence-corrected chi connectivity index (χ3v) is 3.40. The minimum absolute atomic E-state index is 0.189. The Morgan fingerprint density at radius 2 is 2.18 bits per heavy atom. The summed E-state index contributed by atoms with van der Waals surface area (Å²) in [5, 5.41) is 10.9. The third-order valence-electron chi connectivity index (χ3n) is 3.40. The molecule has 1 unspecified atom stereocenters. The van der Waals surface area contributed by atoms with E-state index in [1.807, 2.05) is 12.1 Å². The fraction of sp³-hybridized carbons (Fsp3) is 0.500. The van der Waals surface area contributed by atoms with E-state index in [0.29, 0.717) is 5.56 Å². The first kappa shape index (κ1) is 12.0. The predicted molar refractivity (Wildman–Crippen MR) is 65.8 cm³/mol. The number of hydrogen-bond acceptors (Lipinski definition) is 4. The topological polar surface area (TPSA) is 72.4 Å². The molecular weight excluding hydrogens is 218 g/mol. The zero-order valence-electron chi connectivity index (χ0n) is 10.1. The summed E-state index contributed by atoms with van der Waals surface area (Å²) in [4.78, 5) is 12.8. The molecule has 1 aliphatic rings. The van der Waals surface area contributed by atoms with E-state index in [0.717, 1.165) is 18.7 Å². The Labute approximate surface area is 100 Å². The van der Waals surface area contributed by atoms with Crippen molar-refractivity contribution in [1.82, 2.24) is 4.90 Å². The predicted octanol–water partition coefficient (Wildman–Crippen LogP) is 1.61. The normalized spacial score (nSPS) is 18.8. The van der Waals surface area contributed by atoms with E-state index < -0.39 is 0 Å². The lowest BCUT2D eigenvalue weighted by atomic mass is 9.99. The Morgan fingerprint density at radius 1 is 1.53 bits per heavy atom. The molecule has 17 heavy (non-hydrogen) atoms. The first-order chi connectivity index (χ1) is 7.99. The summed E-state index contributed by atoms with van der Waals surface area (Å²) in [7, 11) is 0. The molecular formula is C12H17N3O2. The number of likely N-dealkylation sites (tertiary alicyclic amines) is 1. The summed E-state index contributed by atoms with van der Waals surface area (Å²) >= 11 is 0. The van der Waals surface area contributed by atoms with E-state index in [9.17, 15) is 10.1 Å². The van der Waals surface area contributed by atoms with E-state index >= 15 is 0 Å². The maximum Gasteiger partial charge on any atom is 0.272 e. The van der Waals surface area contributed by atoms with Crippen molar-refractivity contribution in [2.75, 3.05) is 13.1 Å². The molecule has 1 aromatic rings. The summed E-state index contributed by atoms with van der Waals surface area (Å²) in [6.07, 6.45) is 0. The summed E-state index contributed by atoms with van der Waals surface area (Å²) in [6.45, 7) is 5.54. The van der Waals surface area contributed by atoms with E-state index in [1.165, 1.54) is 0 Å². The molecule has 0 amide bonds. The number of nitro groups is 1. The largest absolute Gasteiger partial charge is 0.325 e. The summed E-state index contributed by atoms with van der Waals surface area (Å²) in [5.41, 5.74) is 7.61. The third kappa shape index (κ3) is 2.30. The van der Waals surface area contributed by atoms with Gasteiger partial charge in [-0.05, 0) is 19.4 Å². The van der Waals surface area contributed by atoms with Gasteiger partial charge < -0.3 is 5.73 Å². The Balaban J connectivity index is 2.21. The second-order valence-electron chi connectivity index (χ2n) is 4.69. The number of aryl methyl sites for hydroxylation is 1. The van der Waals surface area contributed by atoms with E-state index in [4.69, 9.17) is 5.73 Å². The Bertz CT molecular complexity index is 441. The van der Waals surface area contributed by atoms with Gasteiger partial charge in [0.25, 0.3) is 5.69 Å². The lowest BCUT2D eigenvalue weighted by Crippen LogP contribution is -2.56. The van der Waals surface area contributed by atoms with Crippen molar-refractivity contribution in [3.8, 4) is 0 Å². The molecule has 1 atom stereocenters. The molecule has 1 saturated heterocycles. The van der Waals surface area contributed by atoms with E-state index in [1.54, 1.807) is 13.0 Å². The van der Waals surface area contributed by atoms with Crippen LogP contribution in [-0.2, 0) is 0 Å². The highest BCUT2D eigenvalue weighted by Gasteiger charge is 2.28. The van der Waals surface area contributed by atoms with Crippen LogP contribution in [0.25, 0.3) is 0 Å². The molecule has 0 saturated carbocycles. The molecule has 0 spiro atoms. The van der Waals surface area contributed by atoms with Gasteiger partial charge in [-0.25, -0.2) is 0 Å². The van der Waals surface area contributed by atoms with Crippen LogP contribution >= 0.6 is 0 Å². The Kier molecular flexibility index (Phi) is 3.13. The molecule has 1 aliphatic heterocycles. The monoisotopic (exact) mass is 235 g/mol. The maximum atomic E-state index is 10.9. The van der Waals surface area contributed by atoms with Crippen LogP contribution in [0.15, 0.2) is 18.2 Å². The van der Waals surface area contributed by atoms with E-state index in [-0.39, 0.29) is 22.7 Å². The average Bonchev–Trinajstić information content (AvgIpc) is 2.24. The first-order valence-corrected chi connectivity index (χ1v) is 5.73. The summed E-state index contributed by atoms with van der Waals surface area (Å²) < 4.78 is 0. The number of nitro benzene ring substituents is 1. The van der Waals surface area contributed by atoms with Crippen molar-refractivity contribution < 1.29 is 4.92 Å². The number of hydrogen-bond donors (Lipinski definition) is 1. The fourth-order valence-electron chi connectivity index (χ4n) is 2.16. The fourth-order valence-corrected chi connectivity index (χ4v) is 2.16. The van der Waals surface area contributed by atoms with Crippen LogP contribution in [0.4, 0.5) is 5.69 Å². The zero-order chi connectivity index (χ0) is 12.6. The molecule has 92 valence electrons. The number of benzene rings is 1. The quantitative estimate of drug-likeness (QED) is 0.638. The number of nitrogens with zero attached hydrogens (tertiary/aromatic N) is 2. The van der Waals surface area contributed by atoms with Gasteiger partial charge in [0, 0.05) is 36.8 Å². The van der Waals surface area contributed by atoms with E-state index in [2.05, 4.69) is 11.8 Å². The summed E-state index contributed by atoms with van der Waals surface area (Å²) in [5.74, 6) is 0. The van der Waals surface area contributed by atoms with Crippen LogP contribution in [0.2, 0.25) is 0 Å². The van der Waals surface area contributed by atoms with Gasteiger partial charge >= 0.3 is 0 Å². The van der Waals surface area contributed by atoms with Crippen LogP contribution in [0.1, 0.15) is 24.1 Å². The molecule has 5 nitrogen and oxygen atoms in total. The highest BCUT2D eigenvalue weighted by Crippen LogP contribution is 2.28. The maximum absolute atomic E-state index is 10.9. The van der Waals surface area contributed by atoms with Crippen molar-refractivity contribution in [1.29, 1.82) is 0 Å². The number of nitrogens with two attached hydrogens (primary N) is 1. The summed E-state index contributed by atoms with van der Waals surface area (Å²) in [6, 6.07) is 5.87. The van der Waals surface area contributed by atoms with Crippen molar-refractivity contribution in [3.05, 3.63) is 39.4 Å². The first-order valence-electron chi connectivity index (χ1n) is 5.73. The van der Waals surface area contributed by atoms with Gasteiger partial charge in [-0.2, -0.15) is 0 Å². The molecule has 2 rings (SSSR count). The molecule has 0 bridgehead atoms. The van der Waals surface area contributed by atoms with Crippen LogP contribution in [0.3, 0.4) is 0 Å². The van der Waals surface area contributed by atoms with Crippen LogP contribution in [0, 0.1) is 17.0 Å². The highest BCUT2D eigenvalue weighted by atomic mass is 16.6. The van der Waals surface area contributed by atoms with Gasteiger partial charge in [-0.3, -0.25) is 15.0 Å². The van der Waals surface area contributed by atoms with Crippen LogP contribution in [-0.4, -0.2) is 29.0 Å². The van der Waals surface area contributed by atoms with Crippen LogP contribution in [0.5, 0.6) is 0 Å². The molecule has 2 N–H and O–H groups in total. The minimum Gasteiger partial charge on any atom is -0.325 e. The molecule has 0 aliphatic carbocycles. The highest BCUT2D eigenvalue weighted by molar-refractivity contribution is 5.43. The minimum atomic E-state index is -0.326. The van der Waals surface area contributed by atoms with Crippen molar-refractivity contribution in [2.45, 2.75) is 25.9 Å².